The lowest BCUT2D eigenvalue weighted by Crippen LogP contribution is -2.41. The maximum Gasteiger partial charge on any atom is 0.224 e. The molecule has 2 aromatic rings. The number of benzene rings is 1. The quantitative estimate of drug-likeness (QED) is 0.837. The molecular formula is C18H23ClN2O2. The number of likely N-dealkylation sites (tertiary alicyclic amines) is 1. The first kappa shape index (κ1) is 16.3. The fraction of sp³-hybridized carbons (Fsp3) is 0.500. The second kappa shape index (κ2) is 7.37. The van der Waals surface area contributed by atoms with Crippen molar-refractivity contribution >= 4 is 28.4 Å². The molecule has 1 saturated heterocycles. The third kappa shape index (κ3) is 3.88. The number of hydrogen-bond donors (Lipinski definition) is 0. The number of piperidine rings is 1. The summed E-state index contributed by atoms with van der Waals surface area (Å²) in [7, 11) is 1.73. The first-order valence-corrected chi connectivity index (χ1v) is 8.56. The van der Waals surface area contributed by atoms with Gasteiger partial charge in [-0.25, -0.2) is 0 Å². The van der Waals surface area contributed by atoms with Crippen molar-refractivity contribution in [3.8, 4) is 0 Å². The summed E-state index contributed by atoms with van der Waals surface area (Å²) in [5.74, 6) is 0.717. The van der Waals surface area contributed by atoms with E-state index in [0.29, 0.717) is 18.9 Å². The molecule has 1 aromatic carbocycles. The number of fused-ring (bicyclic) bond motifs is 1. The van der Waals surface area contributed by atoms with Gasteiger partial charge < -0.3 is 14.2 Å². The zero-order chi connectivity index (χ0) is 16.2. The van der Waals surface area contributed by atoms with Gasteiger partial charge in [0.25, 0.3) is 0 Å². The topological polar surface area (TPSA) is 34.5 Å². The van der Waals surface area contributed by atoms with Crippen LogP contribution in [0.3, 0.4) is 0 Å². The highest BCUT2D eigenvalue weighted by atomic mass is 35.5. The number of carbonyl (C=O) groups is 1. The van der Waals surface area contributed by atoms with Gasteiger partial charge in [0.05, 0.1) is 6.61 Å². The van der Waals surface area contributed by atoms with Gasteiger partial charge in [-0.15, -0.1) is 0 Å². The van der Waals surface area contributed by atoms with Crippen molar-refractivity contribution in [2.24, 2.45) is 5.92 Å². The lowest BCUT2D eigenvalue weighted by Gasteiger charge is -2.32. The van der Waals surface area contributed by atoms with Crippen LogP contribution in [0.1, 0.15) is 19.3 Å². The molecule has 124 valence electrons. The molecule has 3 rings (SSSR count). The number of amides is 1. The Balaban J connectivity index is 1.59. The van der Waals surface area contributed by atoms with Crippen molar-refractivity contribution in [3.05, 3.63) is 35.5 Å². The molecule has 1 fully saturated rings. The minimum atomic E-state index is 0.238. The van der Waals surface area contributed by atoms with E-state index in [1.807, 2.05) is 35.4 Å². The number of nitrogens with zero attached hydrogens (tertiary/aromatic N) is 2. The molecule has 1 aliphatic rings. The molecule has 4 nitrogen and oxygen atoms in total. The molecule has 1 amide bonds. The zero-order valence-electron chi connectivity index (χ0n) is 13.5. The summed E-state index contributed by atoms with van der Waals surface area (Å²) in [5, 5.41) is 1.85. The second-order valence-corrected chi connectivity index (χ2v) is 6.70. The smallest absolute Gasteiger partial charge is 0.224 e. The number of rotatable bonds is 5. The minimum absolute atomic E-state index is 0.238. The van der Waals surface area contributed by atoms with Crippen LogP contribution in [0.5, 0.6) is 0 Å². The molecule has 0 spiro atoms. The highest BCUT2D eigenvalue weighted by Crippen LogP contribution is 2.21. The molecule has 0 N–H and O–H groups in total. The van der Waals surface area contributed by atoms with E-state index in [-0.39, 0.29) is 5.91 Å². The lowest BCUT2D eigenvalue weighted by atomic mass is 9.99. The Morgan fingerprint density at radius 1 is 1.39 bits per heavy atom. The van der Waals surface area contributed by atoms with Crippen LogP contribution >= 0.6 is 11.6 Å². The van der Waals surface area contributed by atoms with Gasteiger partial charge in [0.1, 0.15) is 0 Å². The maximum absolute atomic E-state index is 12.5. The zero-order valence-corrected chi connectivity index (χ0v) is 14.3. The van der Waals surface area contributed by atoms with Crippen LogP contribution < -0.4 is 0 Å². The molecule has 1 unspecified atom stereocenters. The van der Waals surface area contributed by atoms with Gasteiger partial charge in [-0.2, -0.15) is 0 Å². The third-order valence-electron chi connectivity index (χ3n) is 4.57. The molecule has 0 saturated carbocycles. The average molecular weight is 335 g/mol. The molecule has 0 aliphatic carbocycles. The molecule has 23 heavy (non-hydrogen) atoms. The van der Waals surface area contributed by atoms with Crippen LogP contribution in [0.2, 0.25) is 5.02 Å². The van der Waals surface area contributed by atoms with Gasteiger partial charge in [-0.1, -0.05) is 11.6 Å². The van der Waals surface area contributed by atoms with Gasteiger partial charge in [-0.3, -0.25) is 4.79 Å². The van der Waals surface area contributed by atoms with Crippen LogP contribution in [0.15, 0.2) is 30.5 Å². The van der Waals surface area contributed by atoms with E-state index >= 15 is 0 Å². The van der Waals surface area contributed by atoms with Crippen molar-refractivity contribution in [2.75, 3.05) is 26.8 Å². The Morgan fingerprint density at radius 3 is 3.09 bits per heavy atom. The van der Waals surface area contributed by atoms with E-state index in [2.05, 4.69) is 4.57 Å². The number of carbonyl (C=O) groups excluding carboxylic acids is 1. The van der Waals surface area contributed by atoms with Gasteiger partial charge >= 0.3 is 0 Å². The monoisotopic (exact) mass is 334 g/mol. The Bertz CT molecular complexity index is 681. The third-order valence-corrected chi connectivity index (χ3v) is 4.81. The van der Waals surface area contributed by atoms with E-state index in [1.54, 1.807) is 7.11 Å². The van der Waals surface area contributed by atoms with E-state index in [1.165, 1.54) is 0 Å². The van der Waals surface area contributed by atoms with Crippen molar-refractivity contribution in [3.63, 3.8) is 0 Å². The fourth-order valence-corrected chi connectivity index (χ4v) is 3.58. The van der Waals surface area contributed by atoms with Crippen molar-refractivity contribution < 1.29 is 9.53 Å². The molecule has 1 aromatic heterocycles. The summed E-state index contributed by atoms with van der Waals surface area (Å²) in [6.07, 6.45) is 4.79. The van der Waals surface area contributed by atoms with Gasteiger partial charge in [0, 0.05) is 55.3 Å². The van der Waals surface area contributed by atoms with Crippen LogP contribution in [0, 0.1) is 5.92 Å². The van der Waals surface area contributed by atoms with E-state index in [4.69, 9.17) is 16.3 Å². The summed E-state index contributed by atoms with van der Waals surface area (Å²) in [6, 6.07) is 7.90. The number of hydrogen-bond acceptors (Lipinski definition) is 2. The van der Waals surface area contributed by atoms with Crippen LogP contribution in [0.4, 0.5) is 0 Å². The van der Waals surface area contributed by atoms with E-state index in [9.17, 15) is 4.79 Å². The lowest BCUT2D eigenvalue weighted by molar-refractivity contribution is -0.133. The molecule has 2 heterocycles. The summed E-state index contributed by atoms with van der Waals surface area (Å²) >= 11 is 6.02. The first-order chi connectivity index (χ1) is 11.2. The number of aryl methyl sites for hydroxylation is 1. The molecular weight excluding hydrogens is 312 g/mol. The van der Waals surface area contributed by atoms with Crippen LogP contribution in [-0.2, 0) is 16.1 Å². The Morgan fingerprint density at radius 2 is 2.26 bits per heavy atom. The molecule has 0 bridgehead atoms. The minimum Gasteiger partial charge on any atom is -0.384 e. The highest BCUT2D eigenvalue weighted by molar-refractivity contribution is 6.31. The van der Waals surface area contributed by atoms with Gasteiger partial charge in [0.2, 0.25) is 5.91 Å². The highest BCUT2D eigenvalue weighted by Gasteiger charge is 2.23. The summed E-state index contributed by atoms with van der Waals surface area (Å²) in [5.41, 5.74) is 1.12. The van der Waals surface area contributed by atoms with Gasteiger partial charge in [-0.05, 0) is 43.0 Å². The second-order valence-electron chi connectivity index (χ2n) is 6.27. The van der Waals surface area contributed by atoms with Crippen molar-refractivity contribution in [1.82, 2.24) is 9.47 Å². The predicted molar refractivity (Wildman–Crippen MR) is 92.7 cm³/mol. The van der Waals surface area contributed by atoms with E-state index < -0.39 is 0 Å². The summed E-state index contributed by atoms with van der Waals surface area (Å²) in [4.78, 5) is 14.5. The SMILES string of the molecule is COCC1CCCN(C(=O)CCn2ccc3cc(Cl)ccc32)C1. The number of aromatic nitrogens is 1. The Hall–Kier alpha value is -1.52. The maximum atomic E-state index is 12.5. The van der Waals surface area contributed by atoms with E-state index in [0.717, 1.165) is 48.5 Å². The van der Waals surface area contributed by atoms with Crippen LogP contribution in [-0.4, -0.2) is 42.2 Å². The summed E-state index contributed by atoms with van der Waals surface area (Å²) in [6.45, 7) is 3.15. The van der Waals surface area contributed by atoms with Gasteiger partial charge in [0.15, 0.2) is 0 Å². The Labute approximate surface area is 142 Å². The molecule has 1 atom stereocenters. The normalized spacial score (nSPS) is 18.5. The standard InChI is InChI=1S/C18H23ClN2O2/c1-23-13-14-3-2-8-21(12-14)18(22)7-10-20-9-6-15-11-16(19)4-5-17(15)20/h4-6,9,11,14H,2-3,7-8,10,12-13H2,1H3. The first-order valence-electron chi connectivity index (χ1n) is 8.18. The molecule has 1 aliphatic heterocycles. The Kier molecular flexibility index (Phi) is 5.23. The van der Waals surface area contributed by atoms with Crippen molar-refractivity contribution in [1.29, 1.82) is 0 Å². The average Bonchev–Trinajstić information content (AvgIpc) is 2.95. The fourth-order valence-electron chi connectivity index (χ4n) is 3.40. The number of methoxy groups -OCH3 is 1. The predicted octanol–water partition coefficient (Wildman–Crippen LogP) is 3.57. The molecule has 5 heteroatoms. The molecule has 0 radical (unpaired) electrons. The van der Waals surface area contributed by atoms with Crippen molar-refractivity contribution in [2.45, 2.75) is 25.8 Å². The number of ether oxygens (including phenoxy) is 1. The number of halogens is 1. The largest absolute Gasteiger partial charge is 0.384 e. The van der Waals surface area contributed by atoms with Crippen LogP contribution in [0.25, 0.3) is 10.9 Å². The summed E-state index contributed by atoms with van der Waals surface area (Å²) < 4.78 is 7.36.